The number of hydrogen-bond donors (Lipinski definition) is 10. The van der Waals surface area contributed by atoms with Crippen molar-refractivity contribution in [2.45, 2.75) is 194 Å². The molecule has 0 saturated heterocycles. The molecule has 22 heteroatoms. The summed E-state index contributed by atoms with van der Waals surface area (Å²) in [5.41, 5.74) is 7.52. The number of nitrogens with one attached hydrogen (secondary N) is 8. The van der Waals surface area contributed by atoms with Crippen LogP contribution < -0.4 is 48.3 Å². The second-order valence-corrected chi connectivity index (χ2v) is 21.7. The first kappa shape index (κ1) is 66.1. The van der Waals surface area contributed by atoms with Crippen molar-refractivity contribution in [3.05, 3.63) is 59.7 Å². The van der Waals surface area contributed by atoms with Crippen molar-refractivity contribution in [3.8, 4) is 11.1 Å². The van der Waals surface area contributed by atoms with Crippen LogP contribution in [-0.2, 0) is 44.6 Å². The molecular weight excluding hydrogens is 995 g/mol. The predicted octanol–water partition coefficient (Wildman–Crippen LogP) is 5.84. The highest BCUT2D eigenvalue weighted by Gasteiger charge is 2.30. The van der Waals surface area contributed by atoms with Crippen LogP contribution in [0.5, 0.6) is 0 Å². The van der Waals surface area contributed by atoms with Gasteiger partial charge in [0.05, 0.1) is 0 Å². The Bertz CT molecular complexity index is 2220. The number of aryl methyl sites for hydroxylation is 1. The normalized spacial score (nSPS) is 13.0. The monoisotopic (exact) mass is 1080 g/mol. The molecule has 0 aliphatic rings. The van der Waals surface area contributed by atoms with Crippen LogP contribution in [0, 0.1) is 0 Å². The molecule has 0 unspecified atom stereocenters. The second-order valence-electron chi connectivity index (χ2n) is 21.7. The number of rotatable bonds is 31. The highest BCUT2D eigenvalue weighted by Crippen LogP contribution is 2.21. The number of nitrogens with two attached hydrogens (primary N) is 1. The average Bonchev–Trinajstić information content (AvgIpc) is 3.32. The molecule has 8 amide bonds. The fourth-order valence-corrected chi connectivity index (χ4v) is 7.30. The number of alkyl carbamates (subject to hydrolysis) is 3. The zero-order valence-corrected chi connectivity index (χ0v) is 46.9. The maximum atomic E-state index is 14.1. The number of ether oxygens (including phenoxy) is 3. The largest absolute Gasteiger partial charge is 0.480 e. The molecule has 0 fully saturated rings. The number of carbonyl (C=O) groups excluding carboxylic acids is 8. The Morgan fingerprint density at radius 3 is 1.32 bits per heavy atom. The van der Waals surface area contributed by atoms with Gasteiger partial charge in [0, 0.05) is 38.2 Å². The molecule has 430 valence electrons. The maximum absolute atomic E-state index is 14.1. The molecular formula is C55H87N9O13. The van der Waals surface area contributed by atoms with Gasteiger partial charge >= 0.3 is 24.2 Å². The Balaban J connectivity index is 2.20. The van der Waals surface area contributed by atoms with E-state index in [0.717, 1.165) is 30.4 Å². The molecule has 0 spiro atoms. The van der Waals surface area contributed by atoms with Crippen LogP contribution in [0.25, 0.3) is 11.1 Å². The summed E-state index contributed by atoms with van der Waals surface area (Å²) >= 11 is 0. The molecule has 11 N–H and O–H groups in total. The molecule has 0 aliphatic heterocycles. The van der Waals surface area contributed by atoms with Crippen molar-refractivity contribution >= 4 is 53.8 Å². The predicted molar refractivity (Wildman–Crippen MR) is 291 cm³/mol. The zero-order chi connectivity index (χ0) is 57.8. The van der Waals surface area contributed by atoms with E-state index < -0.39 is 94.9 Å². The third kappa shape index (κ3) is 29.8. The lowest BCUT2D eigenvalue weighted by molar-refractivity contribution is -0.142. The summed E-state index contributed by atoms with van der Waals surface area (Å²) in [5, 5.41) is 30.5. The van der Waals surface area contributed by atoms with Gasteiger partial charge in [-0.15, -0.1) is 0 Å². The summed E-state index contributed by atoms with van der Waals surface area (Å²) < 4.78 is 15.8. The first-order valence-corrected chi connectivity index (χ1v) is 26.6. The minimum absolute atomic E-state index is 0.0319. The van der Waals surface area contributed by atoms with Crippen LogP contribution >= 0.6 is 0 Å². The van der Waals surface area contributed by atoms with Crippen molar-refractivity contribution in [2.24, 2.45) is 5.73 Å². The number of benzene rings is 2. The molecule has 0 aliphatic carbocycles. The van der Waals surface area contributed by atoms with Gasteiger partial charge in [-0.1, -0.05) is 49.7 Å². The summed E-state index contributed by atoms with van der Waals surface area (Å²) in [7, 11) is 0. The lowest BCUT2D eigenvalue weighted by Crippen LogP contribution is -2.60. The lowest BCUT2D eigenvalue weighted by Gasteiger charge is -2.25. The summed E-state index contributed by atoms with van der Waals surface area (Å²) in [6.45, 7) is 18.1. The van der Waals surface area contributed by atoms with E-state index in [1.807, 2.05) is 12.1 Å². The SMILES string of the molecule is CCCCc1ccc(-c2ccc(C(=O)NCCC(=O)N[C@@H](CCCCNC(=O)OC(C)(C)C)C(=O)N[C@@H](CCCCNC(=O)OC(C)(C)C)C(=O)N[C@@H](N)C(=O)N[C@@H](CCCCNC(=O)OC(C)(C)C)C(=O)O)cc2)cc1. The lowest BCUT2D eigenvalue weighted by atomic mass is 10.0. The molecule has 0 bridgehead atoms. The molecule has 0 aromatic heterocycles. The van der Waals surface area contributed by atoms with Crippen molar-refractivity contribution in [1.82, 2.24) is 42.5 Å². The maximum Gasteiger partial charge on any atom is 0.407 e. The van der Waals surface area contributed by atoms with Gasteiger partial charge in [0.2, 0.25) is 17.7 Å². The zero-order valence-electron chi connectivity index (χ0n) is 46.9. The molecule has 4 atom stereocenters. The standard InChI is InChI=1S/C55H87N9O13/c1-11-12-19-36-23-25-37(26-24-36)38-27-29-39(30-28-38)45(66)57-35-31-43(65)61-40(20-13-16-32-58-50(72)75-53(2,3)4)46(67)62-41(21-14-17-33-59-51(73)76-54(5,6)7)47(68)64-44(56)48(69)63-42(49(70)71)22-15-18-34-60-52(74)77-55(8,9)10/h23-30,40-42,44H,11-22,31-35,56H2,1-10H3,(H,57,66)(H,58,72)(H,59,73)(H,60,74)(H,61,65)(H,62,67)(H,63,69)(H,64,68)(H,70,71)/t40-,41-,42-,44+/m0/s1. The third-order valence-corrected chi connectivity index (χ3v) is 11.1. The summed E-state index contributed by atoms with van der Waals surface area (Å²) in [6, 6.07) is 11.4. The Labute approximate surface area is 454 Å². The van der Waals surface area contributed by atoms with Crippen LogP contribution in [0.3, 0.4) is 0 Å². The number of carbonyl (C=O) groups is 9. The number of unbranched alkanes of at least 4 members (excludes halogenated alkanes) is 4. The van der Waals surface area contributed by atoms with E-state index in [1.165, 1.54) is 5.56 Å². The highest BCUT2D eigenvalue weighted by atomic mass is 16.6. The first-order valence-electron chi connectivity index (χ1n) is 26.6. The van der Waals surface area contributed by atoms with Crippen LogP contribution in [-0.4, -0.2) is 126 Å². The van der Waals surface area contributed by atoms with Gasteiger partial charge in [-0.05, 0) is 162 Å². The molecule has 2 aromatic rings. The molecule has 0 heterocycles. The Hall–Kier alpha value is -6.97. The number of carboxylic acids is 1. The number of aliphatic carboxylic acids is 1. The van der Waals surface area contributed by atoms with Gasteiger partial charge in [-0.2, -0.15) is 0 Å². The fraction of sp³-hybridized carbons (Fsp3) is 0.618. The Morgan fingerprint density at radius 2 is 0.896 bits per heavy atom. The van der Waals surface area contributed by atoms with Crippen LogP contribution in [0.1, 0.15) is 162 Å². The van der Waals surface area contributed by atoms with E-state index in [9.17, 15) is 48.3 Å². The summed E-state index contributed by atoms with van der Waals surface area (Å²) in [5.74, 6) is -5.05. The van der Waals surface area contributed by atoms with E-state index in [4.69, 9.17) is 19.9 Å². The molecule has 2 aromatic carbocycles. The van der Waals surface area contributed by atoms with Crippen molar-refractivity contribution < 1.29 is 62.5 Å². The number of hydrogen-bond acceptors (Lipinski definition) is 13. The Kier molecular flexibility index (Phi) is 28.6. The summed E-state index contributed by atoms with van der Waals surface area (Å²) in [6.07, 6.45) is 1.25. The van der Waals surface area contributed by atoms with E-state index in [0.29, 0.717) is 31.2 Å². The van der Waals surface area contributed by atoms with E-state index >= 15 is 0 Å². The van der Waals surface area contributed by atoms with Gasteiger partial charge in [-0.25, -0.2) is 19.2 Å². The first-order chi connectivity index (χ1) is 36.0. The average molecular weight is 1080 g/mol. The van der Waals surface area contributed by atoms with E-state index in [1.54, 1.807) is 74.4 Å². The smallest absolute Gasteiger partial charge is 0.407 e. The Morgan fingerprint density at radius 1 is 0.494 bits per heavy atom. The van der Waals surface area contributed by atoms with Crippen LogP contribution in [0.4, 0.5) is 14.4 Å². The highest BCUT2D eigenvalue weighted by molar-refractivity contribution is 5.96. The van der Waals surface area contributed by atoms with Crippen molar-refractivity contribution in [1.29, 1.82) is 0 Å². The fourth-order valence-electron chi connectivity index (χ4n) is 7.30. The minimum atomic E-state index is -1.76. The van der Waals surface area contributed by atoms with Gasteiger partial charge < -0.3 is 67.6 Å². The minimum Gasteiger partial charge on any atom is -0.480 e. The quantitative estimate of drug-likeness (QED) is 0.0241. The number of carboxylic acid groups (broad SMARTS) is 1. The van der Waals surface area contributed by atoms with Crippen molar-refractivity contribution in [3.63, 3.8) is 0 Å². The molecule has 22 nitrogen and oxygen atoms in total. The molecule has 0 radical (unpaired) electrons. The number of amides is 8. The van der Waals surface area contributed by atoms with Gasteiger partial charge in [0.15, 0.2) is 6.17 Å². The van der Waals surface area contributed by atoms with Gasteiger partial charge in [0.25, 0.3) is 11.8 Å². The summed E-state index contributed by atoms with van der Waals surface area (Å²) in [4.78, 5) is 116. The topological polar surface area (TPSA) is 324 Å². The second kappa shape index (κ2) is 33.2. The van der Waals surface area contributed by atoms with Crippen LogP contribution in [0.15, 0.2) is 48.5 Å². The van der Waals surface area contributed by atoms with E-state index in [2.05, 4.69) is 73.7 Å². The molecule has 77 heavy (non-hydrogen) atoms. The molecule has 0 saturated carbocycles. The van der Waals surface area contributed by atoms with Crippen LogP contribution in [0.2, 0.25) is 0 Å². The van der Waals surface area contributed by atoms with Crippen molar-refractivity contribution in [2.75, 3.05) is 26.2 Å². The van der Waals surface area contributed by atoms with E-state index in [-0.39, 0.29) is 64.7 Å². The molecule has 2 rings (SSSR count). The third-order valence-electron chi connectivity index (χ3n) is 11.1. The van der Waals surface area contributed by atoms with Gasteiger partial charge in [0.1, 0.15) is 34.9 Å². The van der Waals surface area contributed by atoms with Gasteiger partial charge in [-0.3, -0.25) is 24.0 Å².